The minimum atomic E-state index is -3.57. The minimum Gasteiger partial charge on any atom is -0.298 e. The molecule has 0 heterocycles. The second-order valence-corrected chi connectivity index (χ2v) is 6.65. The fraction of sp³-hybridized carbons (Fsp3) is 0. The van der Waals surface area contributed by atoms with E-state index in [0.717, 1.165) is 10.8 Å². The van der Waals surface area contributed by atoms with Gasteiger partial charge in [0.2, 0.25) is 9.84 Å². The van der Waals surface area contributed by atoms with E-state index in [1.807, 2.05) is 24.3 Å². The highest BCUT2D eigenvalue weighted by Crippen LogP contribution is 2.24. The number of hydrogen-bond acceptors (Lipinski definition) is 3. The smallest absolute Gasteiger partial charge is 0.206 e. The van der Waals surface area contributed by atoms with Gasteiger partial charge in [-0.3, -0.25) is 4.79 Å². The normalized spacial score (nSPS) is 11.4. The van der Waals surface area contributed by atoms with Crippen LogP contribution in [-0.2, 0) is 9.84 Å². The van der Waals surface area contributed by atoms with Crippen LogP contribution in [0.15, 0.2) is 76.5 Å². The molecule has 0 spiro atoms. The molecule has 0 radical (unpaired) electrons. The molecule has 0 aliphatic heterocycles. The molecule has 0 amide bonds. The van der Waals surface area contributed by atoms with Gasteiger partial charge in [-0.05, 0) is 35.0 Å². The quantitative estimate of drug-likeness (QED) is 0.695. The Kier molecular flexibility index (Phi) is 3.31. The third kappa shape index (κ3) is 2.45. The largest absolute Gasteiger partial charge is 0.298 e. The van der Waals surface area contributed by atoms with E-state index in [-0.39, 0.29) is 9.79 Å². The Bertz CT molecular complexity index is 910. The van der Waals surface area contributed by atoms with Gasteiger partial charge in [-0.1, -0.05) is 42.5 Å². The van der Waals surface area contributed by atoms with Crippen molar-refractivity contribution < 1.29 is 13.2 Å². The summed E-state index contributed by atoms with van der Waals surface area (Å²) in [5, 5.41) is 1.87. The van der Waals surface area contributed by atoms with E-state index in [0.29, 0.717) is 11.8 Å². The fourth-order valence-corrected chi connectivity index (χ4v) is 3.49. The predicted molar refractivity (Wildman–Crippen MR) is 81.2 cm³/mol. The summed E-state index contributed by atoms with van der Waals surface area (Å²) in [6.07, 6.45) is 0.687. The van der Waals surface area contributed by atoms with Gasteiger partial charge in [-0.15, -0.1) is 0 Å². The van der Waals surface area contributed by atoms with Crippen molar-refractivity contribution in [1.29, 1.82) is 0 Å². The van der Waals surface area contributed by atoms with E-state index in [9.17, 15) is 13.2 Å². The molecular formula is C17H12O3S. The molecule has 0 N–H and O–H groups in total. The zero-order valence-corrected chi connectivity index (χ0v) is 11.9. The Morgan fingerprint density at radius 2 is 1.33 bits per heavy atom. The van der Waals surface area contributed by atoms with Gasteiger partial charge in [0.1, 0.15) is 6.29 Å². The van der Waals surface area contributed by atoms with Gasteiger partial charge in [0, 0.05) is 5.56 Å². The first kappa shape index (κ1) is 13.5. The SMILES string of the molecule is O=Cc1ccc(S(=O)(=O)c2ccc3ccccc3c2)cc1. The van der Waals surface area contributed by atoms with Crippen LogP contribution in [0.1, 0.15) is 10.4 Å². The summed E-state index contributed by atoms with van der Waals surface area (Å²) in [5.74, 6) is 0. The fourth-order valence-electron chi connectivity index (χ4n) is 2.20. The van der Waals surface area contributed by atoms with E-state index in [1.54, 1.807) is 18.2 Å². The minimum absolute atomic E-state index is 0.184. The van der Waals surface area contributed by atoms with Crippen LogP contribution in [0.4, 0.5) is 0 Å². The van der Waals surface area contributed by atoms with Crippen LogP contribution < -0.4 is 0 Å². The molecule has 0 saturated heterocycles. The average molecular weight is 296 g/mol. The number of rotatable bonds is 3. The first-order chi connectivity index (χ1) is 10.1. The summed E-state index contributed by atoms with van der Waals surface area (Å²) in [5.41, 5.74) is 0.451. The van der Waals surface area contributed by atoms with E-state index < -0.39 is 9.84 Å². The molecule has 0 unspecified atom stereocenters. The molecule has 0 saturated carbocycles. The first-order valence-electron chi connectivity index (χ1n) is 6.40. The first-order valence-corrected chi connectivity index (χ1v) is 7.89. The second kappa shape index (κ2) is 5.14. The van der Waals surface area contributed by atoms with Crippen LogP contribution in [0.25, 0.3) is 10.8 Å². The molecule has 3 nitrogen and oxygen atoms in total. The highest BCUT2D eigenvalue weighted by Gasteiger charge is 2.17. The van der Waals surface area contributed by atoms with Crippen molar-refractivity contribution in [2.75, 3.05) is 0 Å². The third-order valence-electron chi connectivity index (χ3n) is 3.36. The van der Waals surface area contributed by atoms with Crippen molar-refractivity contribution in [3.8, 4) is 0 Å². The van der Waals surface area contributed by atoms with Crippen LogP contribution in [0.3, 0.4) is 0 Å². The van der Waals surface area contributed by atoms with Gasteiger partial charge in [-0.2, -0.15) is 0 Å². The van der Waals surface area contributed by atoms with Crippen molar-refractivity contribution >= 4 is 26.9 Å². The average Bonchev–Trinajstić information content (AvgIpc) is 2.54. The van der Waals surface area contributed by atoms with Gasteiger partial charge in [-0.25, -0.2) is 8.42 Å². The molecule has 3 rings (SSSR count). The molecule has 0 bridgehead atoms. The van der Waals surface area contributed by atoms with Crippen LogP contribution in [0.2, 0.25) is 0 Å². The zero-order valence-electron chi connectivity index (χ0n) is 11.1. The summed E-state index contributed by atoms with van der Waals surface area (Å²) in [4.78, 5) is 11.1. The molecule has 21 heavy (non-hydrogen) atoms. The van der Waals surface area contributed by atoms with Crippen LogP contribution in [0.5, 0.6) is 0 Å². The summed E-state index contributed by atoms with van der Waals surface area (Å²) in [7, 11) is -3.57. The number of benzene rings is 3. The maximum atomic E-state index is 12.6. The number of carbonyl (C=O) groups excluding carboxylic acids is 1. The number of fused-ring (bicyclic) bond motifs is 1. The monoisotopic (exact) mass is 296 g/mol. The number of aldehydes is 1. The summed E-state index contributed by atoms with van der Waals surface area (Å²) < 4.78 is 25.2. The molecule has 3 aromatic carbocycles. The lowest BCUT2D eigenvalue weighted by Crippen LogP contribution is -2.02. The standard InChI is InChI=1S/C17H12O3S/c18-12-13-5-8-16(9-6-13)21(19,20)17-10-7-14-3-1-2-4-15(14)11-17/h1-12H. The second-order valence-electron chi connectivity index (χ2n) is 4.70. The van der Waals surface area contributed by atoms with Gasteiger partial charge in [0.25, 0.3) is 0 Å². The third-order valence-corrected chi connectivity index (χ3v) is 5.13. The molecule has 104 valence electrons. The van der Waals surface area contributed by atoms with Crippen LogP contribution >= 0.6 is 0 Å². The van der Waals surface area contributed by atoms with Gasteiger partial charge in [0.15, 0.2) is 0 Å². The Morgan fingerprint density at radius 3 is 2.00 bits per heavy atom. The molecular weight excluding hydrogens is 284 g/mol. The van der Waals surface area contributed by atoms with E-state index in [1.165, 1.54) is 24.3 Å². The van der Waals surface area contributed by atoms with E-state index in [2.05, 4.69) is 0 Å². The lowest BCUT2D eigenvalue weighted by Gasteiger charge is -2.06. The molecule has 4 heteroatoms. The maximum absolute atomic E-state index is 12.6. The lowest BCUT2D eigenvalue weighted by molar-refractivity contribution is 0.112. The van der Waals surface area contributed by atoms with E-state index in [4.69, 9.17) is 0 Å². The Labute approximate surface area is 122 Å². The lowest BCUT2D eigenvalue weighted by atomic mass is 10.1. The topological polar surface area (TPSA) is 51.2 Å². The molecule has 0 fully saturated rings. The van der Waals surface area contributed by atoms with E-state index >= 15 is 0 Å². The maximum Gasteiger partial charge on any atom is 0.206 e. The molecule has 0 aliphatic carbocycles. The van der Waals surface area contributed by atoms with Gasteiger partial charge >= 0.3 is 0 Å². The van der Waals surface area contributed by atoms with Crippen molar-refractivity contribution in [3.05, 3.63) is 72.3 Å². The zero-order chi connectivity index (χ0) is 14.9. The summed E-state index contributed by atoms with van der Waals surface area (Å²) in [6, 6.07) is 18.6. The Morgan fingerprint density at radius 1 is 0.714 bits per heavy atom. The number of sulfone groups is 1. The van der Waals surface area contributed by atoms with Crippen molar-refractivity contribution in [2.45, 2.75) is 9.79 Å². The van der Waals surface area contributed by atoms with Crippen molar-refractivity contribution in [1.82, 2.24) is 0 Å². The number of hydrogen-bond donors (Lipinski definition) is 0. The van der Waals surface area contributed by atoms with Crippen LogP contribution in [-0.4, -0.2) is 14.7 Å². The highest BCUT2D eigenvalue weighted by atomic mass is 32.2. The molecule has 0 atom stereocenters. The van der Waals surface area contributed by atoms with Crippen LogP contribution in [0, 0.1) is 0 Å². The van der Waals surface area contributed by atoms with Crippen molar-refractivity contribution in [2.24, 2.45) is 0 Å². The summed E-state index contributed by atoms with van der Waals surface area (Å²) >= 11 is 0. The summed E-state index contributed by atoms with van der Waals surface area (Å²) in [6.45, 7) is 0. The van der Waals surface area contributed by atoms with Gasteiger partial charge in [0.05, 0.1) is 9.79 Å². The Balaban J connectivity index is 2.12. The highest BCUT2D eigenvalue weighted by molar-refractivity contribution is 7.91. The van der Waals surface area contributed by atoms with Gasteiger partial charge < -0.3 is 0 Å². The predicted octanol–water partition coefficient (Wildman–Crippen LogP) is 3.49. The molecule has 3 aromatic rings. The molecule has 0 aromatic heterocycles. The Hall–Kier alpha value is -2.46. The molecule has 0 aliphatic rings. The number of carbonyl (C=O) groups is 1. The van der Waals surface area contributed by atoms with Crippen molar-refractivity contribution in [3.63, 3.8) is 0 Å².